The number of hydrogen-bond acceptors (Lipinski definition) is 4. The van der Waals surface area contributed by atoms with Crippen LogP contribution in [0.25, 0.3) is 0 Å². The smallest absolute Gasteiger partial charge is 0.251 e. The first-order chi connectivity index (χ1) is 13.7. The molecular weight excluding hydrogens is 350 g/mol. The summed E-state index contributed by atoms with van der Waals surface area (Å²) in [5.74, 6) is 1.22. The van der Waals surface area contributed by atoms with Gasteiger partial charge in [-0.15, -0.1) is 0 Å². The van der Waals surface area contributed by atoms with Gasteiger partial charge in [0.25, 0.3) is 5.91 Å². The van der Waals surface area contributed by atoms with Crippen molar-refractivity contribution in [3.63, 3.8) is 0 Å². The highest BCUT2D eigenvalue weighted by molar-refractivity contribution is 5.94. The molecule has 3 aromatic rings. The van der Waals surface area contributed by atoms with Crippen molar-refractivity contribution < 1.29 is 9.53 Å². The number of carbonyl (C=O) groups excluding carboxylic acids is 1. The Hall–Kier alpha value is -3.34. The predicted molar refractivity (Wildman–Crippen MR) is 112 cm³/mol. The molecular formula is C23H25N3O2. The highest BCUT2D eigenvalue weighted by Gasteiger charge is 2.09. The minimum atomic E-state index is -0.102. The van der Waals surface area contributed by atoms with Crippen molar-refractivity contribution in [3.05, 3.63) is 83.6 Å². The molecule has 1 amide bonds. The largest absolute Gasteiger partial charge is 0.495 e. The fourth-order valence-electron chi connectivity index (χ4n) is 2.94. The number of aryl methyl sites for hydroxylation is 2. The molecule has 5 nitrogen and oxygen atoms in total. The summed E-state index contributed by atoms with van der Waals surface area (Å²) in [6, 6.07) is 19.6. The van der Waals surface area contributed by atoms with E-state index in [2.05, 4.69) is 27.8 Å². The minimum absolute atomic E-state index is 0.102. The molecule has 2 N–H and O–H groups in total. The number of nitrogens with zero attached hydrogens (tertiary/aromatic N) is 1. The third kappa shape index (κ3) is 5.33. The van der Waals surface area contributed by atoms with Crippen molar-refractivity contribution in [3.8, 4) is 5.75 Å². The zero-order valence-electron chi connectivity index (χ0n) is 16.2. The van der Waals surface area contributed by atoms with Crippen LogP contribution in [-0.4, -0.2) is 24.5 Å². The molecule has 0 radical (unpaired) electrons. The Bertz CT molecular complexity index is 926. The van der Waals surface area contributed by atoms with Gasteiger partial charge in [-0.05, 0) is 55.2 Å². The summed E-state index contributed by atoms with van der Waals surface area (Å²) in [6.45, 7) is 2.64. The van der Waals surface area contributed by atoms with Crippen molar-refractivity contribution in [2.75, 3.05) is 19.0 Å². The molecule has 3 rings (SSSR count). The number of aromatic nitrogens is 1. The molecule has 0 aliphatic carbocycles. The van der Waals surface area contributed by atoms with E-state index < -0.39 is 0 Å². The molecule has 0 spiro atoms. The standard InChI is InChI=1S/C23H25N3O2/c1-17-10-11-21(28-2)20(15-17)26-22-16-19(12-14-24-22)23(27)25-13-6-9-18-7-4-3-5-8-18/h3-5,7-8,10-12,14-16H,6,9,13H2,1-2H3,(H,24,26)(H,25,27). The summed E-state index contributed by atoms with van der Waals surface area (Å²) in [6.07, 6.45) is 3.47. The van der Waals surface area contributed by atoms with Gasteiger partial charge in [0.1, 0.15) is 11.6 Å². The van der Waals surface area contributed by atoms with E-state index in [1.165, 1.54) is 5.56 Å². The second-order valence-electron chi connectivity index (χ2n) is 6.60. The number of hydrogen-bond donors (Lipinski definition) is 2. The van der Waals surface area contributed by atoms with Gasteiger partial charge in [0.05, 0.1) is 12.8 Å². The second kappa shape index (κ2) is 9.55. The van der Waals surface area contributed by atoms with Gasteiger partial charge in [-0.2, -0.15) is 0 Å². The molecule has 0 unspecified atom stereocenters. The van der Waals surface area contributed by atoms with E-state index >= 15 is 0 Å². The highest BCUT2D eigenvalue weighted by atomic mass is 16.5. The van der Waals surface area contributed by atoms with Crippen LogP contribution in [0.5, 0.6) is 5.75 Å². The molecule has 1 aromatic heterocycles. The van der Waals surface area contributed by atoms with E-state index in [0.717, 1.165) is 29.8 Å². The van der Waals surface area contributed by atoms with E-state index in [0.29, 0.717) is 17.9 Å². The number of benzene rings is 2. The van der Waals surface area contributed by atoms with Gasteiger partial charge in [0.15, 0.2) is 0 Å². The lowest BCUT2D eigenvalue weighted by Gasteiger charge is -2.12. The Morgan fingerprint density at radius 1 is 1.07 bits per heavy atom. The predicted octanol–water partition coefficient (Wildman–Crippen LogP) is 4.50. The summed E-state index contributed by atoms with van der Waals surface area (Å²) in [5, 5.41) is 6.20. The lowest BCUT2D eigenvalue weighted by atomic mass is 10.1. The van der Waals surface area contributed by atoms with E-state index in [1.807, 2.05) is 43.3 Å². The molecule has 0 saturated carbocycles. The summed E-state index contributed by atoms with van der Waals surface area (Å²) in [4.78, 5) is 16.8. The summed E-state index contributed by atoms with van der Waals surface area (Å²) >= 11 is 0. The van der Waals surface area contributed by atoms with Crippen molar-refractivity contribution in [2.24, 2.45) is 0 Å². The van der Waals surface area contributed by atoms with Crippen LogP contribution in [0.3, 0.4) is 0 Å². The van der Waals surface area contributed by atoms with Crippen molar-refractivity contribution in [1.29, 1.82) is 0 Å². The molecule has 0 fully saturated rings. The van der Waals surface area contributed by atoms with Crippen molar-refractivity contribution >= 4 is 17.4 Å². The van der Waals surface area contributed by atoms with Crippen LogP contribution < -0.4 is 15.4 Å². The SMILES string of the molecule is COc1ccc(C)cc1Nc1cc(C(=O)NCCCc2ccccc2)ccn1. The third-order valence-corrected chi connectivity index (χ3v) is 4.41. The topological polar surface area (TPSA) is 63.2 Å². The lowest BCUT2D eigenvalue weighted by Crippen LogP contribution is -2.24. The van der Waals surface area contributed by atoms with Crippen LogP contribution in [0.15, 0.2) is 66.9 Å². The van der Waals surface area contributed by atoms with Crippen molar-refractivity contribution in [1.82, 2.24) is 10.3 Å². The monoisotopic (exact) mass is 375 g/mol. The van der Waals surface area contributed by atoms with Crippen molar-refractivity contribution in [2.45, 2.75) is 19.8 Å². The molecule has 0 atom stereocenters. The Kier molecular flexibility index (Phi) is 6.63. The Labute approximate surface area is 165 Å². The fourth-order valence-corrected chi connectivity index (χ4v) is 2.94. The van der Waals surface area contributed by atoms with E-state index in [9.17, 15) is 4.79 Å². The van der Waals surface area contributed by atoms with Gasteiger partial charge in [0, 0.05) is 18.3 Å². The average Bonchev–Trinajstić information content (AvgIpc) is 2.72. The van der Waals surface area contributed by atoms with Crippen LogP contribution in [0.4, 0.5) is 11.5 Å². The average molecular weight is 375 g/mol. The number of carbonyl (C=O) groups is 1. The maximum absolute atomic E-state index is 12.4. The number of pyridine rings is 1. The number of amides is 1. The van der Waals surface area contributed by atoms with E-state index in [4.69, 9.17) is 4.74 Å². The van der Waals surface area contributed by atoms with Crippen LogP contribution >= 0.6 is 0 Å². The number of ether oxygens (including phenoxy) is 1. The maximum atomic E-state index is 12.4. The minimum Gasteiger partial charge on any atom is -0.495 e. The molecule has 0 saturated heterocycles. The molecule has 144 valence electrons. The zero-order chi connectivity index (χ0) is 19.8. The Balaban J connectivity index is 1.58. The second-order valence-corrected chi connectivity index (χ2v) is 6.60. The Morgan fingerprint density at radius 2 is 1.89 bits per heavy atom. The van der Waals surface area contributed by atoms with Crippen LogP contribution in [0.1, 0.15) is 27.9 Å². The fraction of sp³-hybridized carbons (Fsp3) is 0.217. The normalized spacial score (nSPS) is 10.4. The first-order valence-electron chi connectivity index (χ1n) is 9.35. The van der Waals surface area contributed by atoms with Crippen LogP contribution in [0, 0.1) is 6.92 Å². The maximum Gasteiger partial charge on any atom is 0.251 e. The third-order valence-electron chi connectivity index (χ3n) is 4.41. The summed E-state index contributed by atoms with van der Waals surface area (Å²) in [7, 11) is 1.63. The first kappa shape index (κ1) is 19.4. The van der Waals surface area contributed by atoms with E-state index in [-0.39, 0.29) is 5.91 Å². The number of nitrogens with one attached hydrogen (secondary N) is 2. The van der Waals surface area contributed by atoms with Crippen LogP contribution in [-0.2, 0) is 6.42 Å². The van der Waals surface area contributed by atoms with Gasteiger partial charge in [-0.3, -0.25) is 4.79 Å². The first-order valence-corrected chi connectivity index (χ1v) is 9.35. The molecule has 28 heavy (non-hydrogen) atoms. The number of anilines is 2. The lowest BCUT2D eigenvalue weighted by molar-refractivity contribution is 0.0953. The molecule has 0 aliphatic heterocycles. The van der Waals surface area contributed by atoms with Gasteiger partial charge in [-0.1, -0.05) is 36.4 Å². The number of methoxy groups -OCH3 is 1. The van der Waals surface area contributed by atoms with E-state index in [1.54, 1.807) is 25.4 Å². The Morgan fingerprint density at radius 3 is 2.68 bits per heavy atom. The van der Waals surface area contributed by atoms with Gasteiger partial charge in [0.2, 0.25) is 0 Å². The molecule has 1 heterocycles. The zero-order valence-corrected chi connectivity index (χ0v) is 16.2. The molecule has 2 aromatic carbocycles. The van der Waals surface area contributed by atoms with Gasteiger partial charge in [-0.25, -0.2) is 4.98 Å². The summed E-state index contributed by atoms with van der Waals surface area (Å²) in [5.41, 5.74) is 3.77. The van der Waals surface area contributed by atoms with Gasteiger partial charge < -0.3 is 15.4 Å². The number of rotatable bonds is 8. The molecule has 0 bridgehead atoms. The summed E-state index contributed by atoms with van der Waals surface area (Å²) < 4.78 is 5.38. The highest BCUT2D eigenvalue weighted by Crippen LogP contribution is 2.28. The molecule has 0 aliphatic rings. The van der Waals surface area contributed by atoms with Gasteiger partial charge >= 0.3 is 0 Å². The quantitative estimate of drug-likeness (QED) is 0.569. The molecule has 5 heteroatoms. The van der Waals surface area contributed by atoms with Crippen LogP contribution in [0.2, 0.25) is 0 Å².